The average Bonchev–Trinajstić information content (AvgIpc) is 2.42. The molecule has 1 heterocycles. The minimum atomic E-state index is -1.04. The van der Waals surface area contributed by atoms with Crippen molar-refractivity contribution in [1.29, 1.82) is 0 Å². The topological polar surface area (TPSA) is 22.1 Å². The highest BCUT2D eigenvalue weighted by Gasteiger charge is 2.12. The second-order valence-electron chi connectivity index (χ2n) is 3.91. The van der Waals surface area contributed by atoms with Gasteiger partial charge in [0.15, 0.2) is 11.6 Å². The lowest BCUT2D eigenvalue weighted by Gasteiger charge is -2.03. The summed E-state index contributed by atoms with van der Waals surface area (Å²) in [5.74, 6) is 3.05. The number of hydrogen-bond donors (Lipinski definition) is 0. The van der Waals surface area contributed by atoms with Gasteiger partial charge in [-0.1, -0.05) is 12.0 Å². The van der Waals surface area contributed by atoms with E-state index in [1.54, 1.807) is 12.3 Å². The lowest BCUT2D eigenvalue weighted by Crippen LogP contribution is -1.95. The lowest BCUT2D eigenvalue weighted by atomic mass is 10.2. The Labute approximate surface area is 110 Å². The highest BCUT2D eigenvalue weighted by atomic mass is 19.2. The summed E-state index contributed by atoms with van der Waals surface area (Å²) in [6.45, 7) is 1.91. The number of hydrogen-bond acceptors (Lipinski definition) is 2. The predicted octanol–water partition coefficient (Wildman–Crippen LogP) is 3.08. The van der Waals surface area contributed by atoms with E-state index < -0.39 is 11.6 Å². The molecule has 2 rings (SSSR count). The van der Waals surface area contributed by atoms with Crippen molar-refractivity contribution >= 4 is 0 Å². The van der Waals surface area contributed by atoms with E-state index in [1.807, 2.05) is 13.0 Å². The molecule has 0 N–H and O–H groups in total. The van der Waals surface area contributed by atoms with Gasteiger partial charge in [0.2, 0.25) is 5.82 Å². The van der Waals surface area contributed by atoms with Crippen LogP contribution in [0.1, 0.15) is 16.8 Å². The molecule has 0 unspecified atom stereocenters. The van der Waals surface area contributed by atoms with Gasteiger partial charge in [0.1, 0.15) is 5.69 Å². The number of ether oxygens (including phenoxy) is 1. The molecule has 1 aromatic heterocycles. The van der Waals surface area contributed by atoms with Crippen LogP contribution in [-0.4, -0.2) is 12.1 Å². The van der Waals surface area contributed by atoms with Crippen molar-refractivity contribution in [1.82, 2.24) is 4.98 Å². The number of benzene rings is 1. The van der Waals surface area contributed by atoms with Crippen molar-refractivity contribution in [3.63, 3.8) is 0 Å². The van der Waals surface area contributed by atoms with E-state index in [0.717, 1.165) is 5.56 Å². The standard InChI is InChI=1S/C15H11F2NO/c1-10-3-6-12(18-9-10)7-4-11-5-8-13(19-2)15(17)14(11)16/h3,5-6,8-9H,1-2H3. The molecule has 0 aliphatic carbocycles. The molecule has 0 spiro atoms. The van der Waals surface area contributed by atoms with Crippen LogP contribution >= 0.6 is 0 Å². The first kappa shape index (κ1) is 13.0. The molecule has 0 saturated heterocycles. The van der Waals surface area contributed by atoms with Crippen molar-refractivity contribution in [2.24, 2.45) is 0 Å². The molecule has 0 aliphatic rings. The number of aromatic nitrogens is 1. The molecule has 0 bridgehead atoms. The third kappa shape index (κ3) is 2.89. The van der Waals surface area contributed by atoms with E-state index >= 15 is 0 Å². The fourth-order valence-electron chi connectivity index (χ4n) is 1.46. The zero-order chi connectivity index (χ0) is 13.8. The van der Waals surface area contributed by atoms with E-state index in [4.69, 9.17) is 0 Å². The molecular formula is C15H11F2NO. The van der Waals surface area contributed by atoms with Gasteiger partial charge >= 0.3 is 0 Å². The molecular weight excluding hydrogens is 248 g/mol. The third-order valence-electron chi connectivity index (χ3n) is 2.50. The molecule has 0 atom stereocenters. The largest absolute Gasteiger partial charge is 0.494 e. The summed E-state index contributed by atoms with van der Waals surface area (Å²) in [4.78, 5) is 4.06. The van der Waals surface area contributed by atoms with Crippen LogP contribution in [0.5, 0.6) is 5.75 Å². The van der Waals surface area contributed by atoms with Crippen molar-refractivity contribution in [3.8, 4) is 17.6 Å². The van der Waals surface area contributed by atoms with Gasteiger partial charge < -0.3 is 4.74 Å². The molecule has 0 saturated carbocycles. The van der Waals surface area contributed by atoms with Crippen LogP contribution in [0.15, 0.2) is 30.5 Å². The SMILES string of the molecule is COc1ccc(C#Cc2ccc(C)cn2)c(F)c1F. The summed E-state index contributed by atoms with van der Waals surface area (Å²) in [5.41, 5.74) is 1.48. The van der Waals surface area contributed by atoms with E-state index in [-0.39, 0.29) is 11.3 Å². The number of rotatable bonds is 1. The zero-order valence-electron chi connectivity index (χ0n) is 10.5. The van der Waals surface area contributed by atoms with Crippen LogP contribution in [0.25, 0.3) is 0 Å². The summed E-state index contributed by atoms with van der Waals surface area (Å²) >= 11 is 0. The van der Waals surface area contributed by atoms with Gasteiger partial charge in [0.25, 0.3) is 0 Å². The summed E-state index contributed by atoms with van der Waals surface area (Å²) in [6, 6.07) is 6.28. The first-order valence-corrected chi connectivity index (χ1v) is 5.58. The van der Waals surface area contributed by atoms with Gasteiger partial charge in [0, 0.05) is 6.20 Å². The molecule has 1 aromatic carbocycles. The first-order chi connectivity index (χ1) is 9.11. The highest BCUT2D eigenvalue weighted by molar-refractivity contribution is 5.44. The molecule has 2 aromatic rings. The van der Waals surface area contributed by atoms with Crippen LogP contribution in [0, 0.1) is 30.4 Å². The fourth-order valence-corrected chi connectivity index (χ4v) is 1.46. The van der Waals surface area contributed by atoms with E-state index in [0.29, 0.717) is 5.69 Å². The zero-order valence-corrected chi connectivity index (χ0v) is 10.5. The van der Waals surface area contributed by atoms with Crippen molar-refractivity contribution < 1.29 is 13.5 Å². The van der Waals surface area contributed by atoms with Crippen LogP contribution in [0.4, 0.5) is 8.78 Å². The van der Waals surface area contributed by atoms with E-state index in [9.17, 15) is 8.78 Å². The second kappa shape index (κ2) is 5.49. The maximum Gasteiger partial charge on any atom is 0.201 e. The third-order valence-corrected chi connectivity index (χ3v) is 2.50. The Bertz CT molecular complexity index is 654. The molecule has 96 valence electrons. The molecule has 4 heteroatoms. The summed E-state index contributed by atoms with van der Waals surface area (Å²) < 4.78 is 31.8. The Kier molecular flexibility index (Phi) is 3.76. The predicted molar refractivity (Wildman–Crippen MR) is 67.9 cm³/mol. The van der Waals surface area contributed by atoms with Crippen LogP contribution in [-0.2, 0) is 0 Å². The van der Waals surface area contributed by atoms with Gasteiger partial charge in [-0.3, -0.25) is 0 Å². The van der Waals surface area contributed by atoms with Crippen LogP contribution in [0.2, 0.25) is 0 Å². The number of halogens is 2. The number of methoxy groups -OCH3 is 1. The Morgan fingerprint density at radius 1 is 1.05 bits per heavy atom. The fraction of sp³-hybridized carbons (Fsp3) is 0.133. The molecule has 0 amide bonds. The van der Waals surface area contributed by atoms with Crippen LogP contribution in [0.3, 0.4) is 0 Å². The molecule has 2 nitrogen and oxygen atoms in total. The smallest absolute Gasteiger partial charge is 0.201 e. The van der Waals surface area contributed by atoms with Crippen molar-refractivity contribution in [3.05, 3.63) is 58.9 Å². The van der Waals surface area contributed by atoms with Gasteiger partial charge in [-0.2, -0.15) is 4.39 Å². The van der Waals surface area contributed by atoms with Crippen molar-refractivity contribution in [2.75, 3.05) is 7.11 Å². The van der Waals surface area contributed by atoms with Gasteiger partial charge in [0.05, 0.1) is 12.7 Å². The van der Waals surface area contributed by atoms with Gasteiger partial charge in [-0.05, 0) is 36.6 Å². The monoisotopic (exact) mass is 259 g/mol. The lowest BCUT2D eigenvalue weighted by molar-refractivity contribution is 0.371. The summed E-state index contributed by atoms with van der Waals surface area (Å²) in [5, 5.41) is 0. The van der Waals surface area contributed by atoms with Crippen LogP contribution < -0.4 is 4.74 Å². The summed E-state index contributed by atoms with van der Waals surface area (Å²) in [7, 11) is 1.28. The highest BCUT2D eigenvalue weighted by Crippen LogP contribution is 2.21. The molecule has 0 aliphatic heterocycles. The second-order valence-corrected chi connectivity index (χ2v) is 3.91. The minimum Gasteiger partial charge on any atom is -0.494 e. The average molecular weight is 259 g/mol. The number of pyridine rings is 1. The Morgan fingerprint density at radius 3 is 2.47 bits per heavy atom. The molecule has 19 heavy (non-hydrogen) atoms. The Hall–Kier alpha value is -2.41. The van der Waals surface area contributed by atoms with Crippen molar-refractivity contribution in [2.45, 2.75) is 6.92 Å². The van der Waals surface area contributed by atoms with E-state index in [2.05, 4.69) is 21.6 Å². The maximum absolute atomic E-state index is 13.6. The quantitative estimate of drug-likeness (QED) is 0.734. The first-order valence-electron chi connectivity index (χ1n) is 5.58. The van der Waals surface area contributed by atoms with Gasteiger partial charge in [-0.15, -0.1) is 0 Å². The molecule has 0 fully saturated rings. The van der Waals surface area contributed by atoms with Gasteiger partial charge in [-0.25, -0.2) is 9.37 Å². The normalized spacial score (nSPS) is 9.68. The molecule has 0 radical (unpaired) electrons. The number of aryl methyl sites for hydroxylation is 1. The maximum atomic E-state index is 13.6. The van der Waals surface area contributed by atoms with E-state index in [1.165, 1.54) is 19.2 Å². The Balaban J connectivity index is 2.35. The minimum absolute atomic E-state index is 0.0272. The number of nitrogens with zero attached hydrogens (tertiary/aromatic N) is 1. The Morgan fingerprint density at radius 2 is 1.84 bits per heavy atom. The summed E-state index contributed by atoms with van der Waals surface area (Å²) in [6.07, 6.45) is 1.66.